The zero-order valence-electron chi connectivity index (χ0n) is 13.7. The maximum absolute atomic E-state index is 11.9. The lowest BCUT2D eigenvalue weighted by Crippen LogP contribution is -2.39. The van der Waals surface area contributed by atoms with Crippen LogP contribution in [0.1, 0.15) is 26.5 Å². The second kappa shape index (κ2) is 8.81. The van der Waals surface area contributed by atoms with Gasteiger partial charge < -0.3 is 20.8 Å². The number of anilines is 1. The molecule has 0 aliphatic rings. The summed E-state index contributed by atoms with van der Waals surface area (Å²) in [6, 6.07) is 2.98. The molecule has 0 aliphatic heterocycles. The highest BCUT2D eigenvalue weighted by Crippen LogP contribution is 2.26. The van der Waals surface area contributed by atoms with Gasteiger partial charge in [-0.1, -0.05) is 13.8 Å². The van der Waals surface area contributed by atoms with Crippen LogP contribution in [0.25, 0.3) is 11.5 Å². The summed E-state index contributed by atoms with van der Waals surface area (Å²) < 4.78 is 5.62. The van der Waals surface area contributed by atoms with Crippen LogP contribution in [0, 0.1) is 5.92 Å². The predicted molar refractivity (Wildman–Crippen MR) is 96.0 cm³/mol. The van der Waals surface area contributed by atoms with E-state index in [4.69, 9.17) is 10.2 Å². The largest absolute Gasteiger partial charge is 0.458 e. The van der Waals surface area contributed by atoms with Crippen molar-refractivity contribution >= 4 is 40.7 Å². The zero-order valence-corrected chi connectivity index (χ0v) is 15.3. The van der Waals surface area contributed by atoms with Crippen molar-refractivity contribution in [2.24, 2.45) is 11.7 Å². The van der Waals surface area contributed by atoms with Crippen LogP contribution in [0.3, 0.4) is 0 Å². The van der Waals surface area contributed by atoms with E-state index in [1.54, 1.807) is 17.5 Å². The van der Waals surface area contributed by atoms with Gasteiger partial charge in [-0.05, 0) is 18.1 Å². The minimum Gasteiger partial charge on any atom is -0.458 e. The molecule has 0 spiro atoms. The molecule has 1 unspecified atom stereocenters. The van der Waals surface area contributed by atoms with E-state index < -0.39 is 6.04 Å². The smallest absolute Gasteiger partial charge is 0.243 e. The van der Waals surface area contributed by atoms with E-state index >= 15 is 0 Å². The van der Waals surface area contributed by atoms with Crippen LogP contribution < -0.4 is 16.4 Å². The minimum absolute atomic E-state index is 0. The molecule has 0 aliphatic carbocycles. The van der Waals surface area contributed by atoms with E-state index in [2.05, 4.69) is 15.6 Å². The van der Waals surface area contributed by atoms with Crippen LogP contribution in [-0.2, 0) is 16.1 Å². The van der Waals surface area contributed by atoms with Crippen molar-refractivity contribution in [2.45, 2.75) is 33.4 Å². The number of nitrogens with one attached hydrogen (secondary N) is 2. The number of carbonyl (C=O) groups is 2. The van der Waals surface area contributed by atoms with Gasteiger partial charge in [0.25, 0.3) is 0 Å². The highest BCUT2D eigenvalue weighted by atomic mass is 35.5. The Bertz CT molecular complexity index is 698. The first-order valence-electron chi connectivity index (χ1n) is 7.22. The van der Waals surface area contributed by atoms with E-state index in [9.17, 15) is 9.59 Å². The van der Waals surface area contributed by atoms with Crippen LogP contribution in [0.4, 0.5) is 5.13 Å². The first-order chi connectivity index (χ1) is 10.9. The Morgan fingerprint density at radius 1 is 1.38 bits per heavy atom. The molecule has 24 heavy (non-hydrogen) atoms. The first kappa shape index (κ1) is 20.1. The van der Waals surface area contributed by atoms with E-state index in [0.717, 1.165) is 0 Å². The SMILES string of the molecule is CC(=O)NCc1ccc(-c2csc(NC(=O)C(N)C(C)C)n2)o1.Cl. The van der Waals surface area contributed by atoms with Crippen molar-refractivity contribution in [3.05, 3.63) is 23.3 Å². The summed E-state index contributed by atoms with van der Waals surface area (Å²) in [6.45, 7) is 5.54. The highest BCUT2D eigenvalue weighted by molar-refractivity contribution is 7.14. The number of nitrogens with zero attached hydrogens (tertiary/aromatic N) is 1. The highest BCUT2D eigenvalue weighted by Gasteiger charge is 2.19. The van der Waals surface area contributed by atoms with Gasteiger partial charge >= 0.3 is 0 Å². The van der Waals surface area contributed by atoms with E-state index in [1.165, 1.54) is 18.3 Å². The summed E-state index contributed by atoms with van der Waals surface area (Å²) in [5, 5.41) is 7.63. The first-order valence-corrected chi connectivity index (χ1v) is 8.10. The van der Waals surface area contributed by atoms with Gasteiger partial charge in [-0.15, -0.1) is 23.7 Å². The number of hydrogen-bond donors (Lipinski definition) is 3. The second-order valence-electron chi connectivity index (χ2n) is 5.47. The summed E-state index contributed by atoms with van der Waals surface area (Å²) in [6.07, 6.45) is 0. The van der Waals surface area contributed by atoms with Crippen LogP contribution in [0.5, 0.6) is 0 Å². The second-order valence-corrected chi connectivity index (χ2v) is 6.33. The van der Waals surface area contributed by atoms with Gasteiger partial charge in [0.15, 0.2) is 10.9 Å². The Morgan fingerprint density at radius 3 is 2.71 bits per heavy atom. The molecular weight excluding hydrogens is 352 g/mol. The van der Waals surface area contributed by atoms with Gasteiger partial charge in [-0.25, -0.2) is 4.98 Å². The topological polar surface area (TPSA) is 110 Å². The van der Waals surface area contributed by atoms with Crippen LogP contribution in [0.2, 0.25) is 0 Å². The molecule has 7 nitrogen and oxygen atoms in total. The van der Waals surface area contributed by atoms with E-state index in [0.29, 0.717) is 28.9 Å². The lowest BCUT2D eigenvalue weighted by atomic mass is 10.1. The summed E-state index contributed by atoms with van der Waals surface area (Å²) in [7, 11) is 0. The van der Waals surface area contributed by atoms with Crippen molar-refractivity contribution in [3.8, 4) is 11.5 Å². The molecule has 132 valence electrons. The molecule has 2 amide bonds. The number of nitrogens with two attached hydrogens (primary N) is 1. The third-order valence-corrected chi connectivity index (χ3v) is 3.94. The Hall–Kier alpha value is -1.90. The standard InChI is InChI=1S/C15H20N4O3S.ClH/c1-8(2)13(16)14(21)19-15-18-11(7-23-15)12-5-4-10(22-12)6-17-9(3)20;/h4-5,7-8,13H,6,16H2,1-3H3,(H,17,20)(H,18,19,21);1H. The lowest BCUT2D eigenvalue weighted by Gasteiger charge is -2.13. The fourth-order valence-corrected chi connectivity index (χ4v) is 2.46. The van der Waals surface area contributed by atoms with Crippen molar-refractivity contribution < 1.29 is 14.0 Å². The number of furan rings is 1. The van der Waals surface area contributed by atoms with Gasteiger partial charge in [-0.2, -0.15) is 0 Å². The monoisotopic (exact) mass is 372 g/mol. The molecular formula is C15H21ClN4O3S. The Morgan fingerprint density at radius 2 is 2.08 bits per heavy atom. The van der Waals surface area contributed by atoms with E-state index in [-0.39, 0.29) is 30.1 Å². The molecule has 0 saturated carbocycles. The molecule has 0 bridgehead atoms. The van der Waals surface area contributed by atoms with E-state index in [1.807, 2.05) is 13.8 Å². The Labute approximate surface area is 150 Å². The molecule has 2 aromatic heterocycles. The number of carbonyl (C=O) groups excluding carboxylic acids is 2. The third kappa shape index (κ3) is 5.33. The molecule has 4 N–H and O–H groups in total. The molecule has 2 heterocycles. The van der Waals surface area contributed by atoms with Gasteiger partial charge in [0, 0.05) is 12.3 Å². The molecule has 9 heteroatoms. The molecule has 0 fully saturated rings. The van der Waals surface area contributed by atoms with Gasteiger partial charge in [0.1, 0.15) is 11.5 Å². The Balaban J connectivity index is 0.00000288. The summed E-state index contributed by atoms with van der Waals surface area (Å²) >= 11 is 1.30. The number of aromatic nitrogens is 1. The quantitative estimate of drug-likeness (QED) is 0.721. The zero-order chi connectivity index (χ0) is 17.0. The third-order valence-electron chi connectivity index (χ3n) is 3.18. The van der Waals surface area contributed by atoms with Crippen molar-refractivity contribution in [1.82, 2.24) is 10.3 Å². The fourth-order valence-electron chi connectivity index (χ4n) is 1.76. The Kier molecular flexibility index (Phi) is 7.40. The van der Waals surface area contributed by atoms with Crippen molar-refractivity contribution in [1.29, 1.82) is 0 Å². The number of hydrogen-bond acceptors (Lipinski definition) is 6. The van der Waals surface area contributed by atoms with Gasteiger partial charge in [0.05, 0.1) is 12.6 Å². The molecule has 0 saturated heterocycles. The molecule has 2 aromatic rings. The number of thiazole rings is 1. The summed E-state index contributed by atoms with van der Waals surface area (Å²) in [4.78, 5) is 27.1. The molecule has 0 aromatic carbocycles. The van der Waals surface area contributed by atoms with Gasteiger partial charge in [-0.3, -0.25) is 9.59 Å². The van der Waals surface area contributed by atoms with Crippen molar-refractivity contribution in [2.75, 3.05) is 5.32 Å². The van der Waals surface area contributed by atoms with Crippen LogP contribution >= 0.6 is 23.7 Å². The molecule has 0 radical (unpaired) electrons. The maximum atomic E-state index is 11.9. The van der Waals surface area contributed by atoms with Gasteiger partial charge in [0.2, 0.25) is 11.8 Å². The average molecular weight is 373 g/mol. The van der Waals surface area contributed by atoms with Crippen LogP contribution in [0.15, 0.2) is 21.9 Å². The summed E-state index contributed by atoms with van der Waals surface area (Å²) in [5.41, 5.74) is 6.42. The predicted octanol–water partition coefficient (Wildman–Crippen LogP) is 2.38. The lowest BCUT2D eigenvalue weighted by molar-refractivity contribution is -0.119. The number of amides is 2. The average Bonchev–Trinajstić information content (AvgIpc) is 3.12. The number of rotatable bonds is 6. The van der Waals surface area contributed by atoms with Crippen LogP contribution in [-0.4, -0.2) is 22.8 Å². The minimum atomic E-state index is -0.574. The molecule has 1 atom stereocenters. The fraction of sp³-hybridized carbons (Fsp3) is 0.400. The normalized spacial score (nSPS) is 11.7. The number of halogens is 1. The van der Waals surface area contributed by atoms with Crippen molar-refractivity contribution in [3.63, 3.8) is 0 Å². The summed E-state index contributed by atoms with van der Waals surface area (Å²) in [5.74, 6) is 0.886. The maximum Gasteiger partial charge on any atom is 0.243 e. The molecule has 2 rings (SSSR count).